The van der Waals surface area contributed by atoms with Crippen molar-refractivity contribution in [3.63, 3.8) is 0 Å². The van der Waals surface area contributed by atoms with Gasteiger partial charge in [-0.1, -0.05) is 43.8 Å². The molecule has 1 atom stereocenters. The average molecular weight is 427 g/mol. The normalized spacial score (nSPS) is 12.0. The SMILES string of the molecule is CC(C)C(NC(=O)c1ccccc1)c1nnc(SCC(=O)c2ccc(F)cc2)n1C. The maximum Gasteiger partial charge on any atom is 0.251 e. The Balaban J connectivity index is 1.70. The van der Waals surface area contributed by atoms with Gasteiger partial charge in [0, 0.05) is 18.2 Å². The van der Waals surface area contributed by atoms with Crippen LogP contribution in [0.5, 0.6) is 0 Å². The van der Waals surface area contributed by atoms with Crippen molar-refractivity contribution >= 4 is 23.5 Å². The smallest absolute Gasteiger partial charge is 0.251 e. The van der Waals surface area contributed by atoms with Gasteiger partial charge in [-0.15, -0.1) is 10.2 Å². The third kappa shape index (κ3) is 5.13. The van der Waals surface area contributed by atoms with Gasteiger partial charge in [0.2, 0.25) is 0 Å². The number of nitrogens with zero attached hydrogens (tertiary/aromatic N) is 3. The maximum atomic E-state index is 13.0. The minimum atomic E-state index is -0.380. The van der Waals surface area contributed by atoms with Gasteiger partial charge in [0.05, 0.1) is 11.8 Å². The van der Waals surface area contributed by atoms with Gasteiger partial charge in [0.15, 0.2) is 16.8 Å². The lowest BCUT2D eigenvalue weighted by molar-refractivity contribution is 0.0921. The lowest BCUT2D eigenvalue weighted by atomic mass is 10.0. The molecule has 30 heavy (non-hydrogen) atoms. The predicted octanol–water partition coefficient (Wildman–Crippen LogP) is 4.06. The van der Waals surface area contributed by atoms with E-state index >= 15 is 0 Å². The van der Waals surface area contributed by atoms with Crippen molar-refractivity contribution in [3.05, 3.63) is 77.4 Å². The molecular formula is C22H23FN4O2S. The summed E-state index contributed by atoms with van der Waals surface area (Å²) < 4.78 is 14.8. The predicted molar refractivity (Wildman–Crippen MR) is 114 cm³/mol. The first-order valence-electron chi connectivity index (χ1n) is 9.53. The number of carbonyl (C=O) groups is 2. The summed E-state index contributed by atoms with van der Waals surface area (Å²) >= 11 is 1.25. The number of ketones is 1. The molecule has 1 amide bonds. The molecule has 0 aliphatic heterocycles. The van der Waals surface area contributed by atoms with Crippen LogP contribution < -0.4 is 5.32 Å². The van der Waals surface area contributed by atoms with Crippen LogP contribution in [0.1, 0.15) is 46.4 Å². The molecule has 0 bridgehead atoms. The first-order valence-corrected chi connectivity index (χ1v) is 10.5. The standard InChI is InChI=1S/C22H23FN4O2S/c1-14(2)19(24-21(29)16-7-5-4-6-8-16)20-25-26-22(27(20)3)30-13-18(28)15-9-11-17(23)12-10-15/h4-12,14,19H,13H2,1-3H3,(H,24,29). The Bertz CT molecular complexity index is 1020. The average Bonchev–Trinajstić information content (AvgIpc) is 3.11. The molecule has 1 unspecified atom stereocenters. The summed E-state index contributed by atoms with van der Waals surface area (Å²) in [6.45, 7) is 3.99. The van der Waals surface area contributed by atoms with Crippen LogP contribution in [0.3, 0.4) is 0 Å². The molecule has 156 valence electrons. The Morgan fingerprint density at radius 1 is 1.03 bits per heavy atom. The van der Waals surface area contributed by atoms with Crippen molar-refractivity contribution in [1.82, 2.24) is 20.1 Å². The fourth-order valence-electron chi connectivity index (χ4n) is 2.92. The summed E-state index contributed by atoms with van der Waals surface area (Å²) in [6, 6.07) is 14.1. The third-order valence-corrected chi connectivity index (χ3v) is 5.65. The fraction of sp³-hybridized carbons (Fsp3) is 0.273. The highest BCUT2D eigenvalue weighted by Crippen LogP contribution is 2.25. The number of amides is 1. The molecule has 0 fully saturated rings. The van der Waals surface area contributed by atoms with Crippen LogP contribution >= 0.6 is 11.8 Å². The zero-order valence-corrected chi connectivity index (χ0v) is 17.8. The molecule has 0 aliphatic carbocycles. The van der Waals surface area contributed by atoms with Crippen molar-refractivity contribution in [2.45, 2.75) is 25.0 Å². The molecular weight excluding hydrogens is 403 g/mol. The van der Waals surface area contributed by atoms with E-state index in [1.54, 1.807) is 16.7 Å². The first kappa shape index (κ1) is 21.7. The number of Topliss-reactive ketones (excluding diaryl/α,β-unsaturated/α-hetero) is 1. The van der Waals surface area contributed by atoms with Gasteiger partial charge >= 0.3 is 0 Å². The monoisotopic (exact) mass is 426 g/mol. The van der Waals surface area contributed by atoms with Crippen LogP contribution in [0.2, 0.25) is 0 Å². The molecule has 6 nitrogen and oxygen atoms in total. The number of hydrogen-bond acceptors (Lipinski definition) is 5. The van der Waals surface area contributed by atoms with E-state index in [0.29, 0.717) is 22.1 Å². The molecule has 8 heteroatoms. The molecule has 3 rings (SSSR count). The first-order chi connectivity index (χ1) is 14.4. The van der Waals surface area contributed by atoms with E-state index in [9.17, 15) is 14.0 Å². The Morgan fingerprint density at radius 3 is 2.33 bits per heavy atom. The van der Waals surface area contributed by atoms with Crippen LogP contribution in [0.25, 0.3) is 0 Å². The van der Waals surface area contributed by atoms with Gasteiger partial charge in [-0.25, -0.2) is 4.39 Å². The molecule has 1 heterocycles. The number of hydrogen-bond donors (Lipinski definition) is 1. The largest absolute Gasteiger partial charge is 0.342 e. The number of thioether (sulfide) groups is 1. The van der Waals surface area contributed by atoms with E-state index in [1.807, 2.05) is 39.1 Å². The number of rotatable bonds is 8. The second kappa shape index (κ2) is 9.67. The number of benzene rings is 2. The van der Waals surface area contributed by atoms with Crippen molar-refractivity contribution < 1.29 is 14.0 Å². The molecule has 0 saturated carbocycles. The van der Waals surface area contributed by atoms with Gasteiger partial charge in [-0.2, -0.15) is 0 Å². The highest BCUT2D eigenvalue weighted by molar-refractivity contribution is 7.99. The summed E-state index contributed by atoms with van der Waals surface area (Å²) in [7, 11) is 1.81. The molecule has 0 saturated heterocycles. The van der Waals surface area contributed by atoms with Crippen molar-refractivity contribution in [2.24, 2.45) is 13.0 Å². The Morgan fingerprint density at radius 2 is 1.70 bits per heavy atom. The van der Waals surface area contributed by atoms with Crippen LogP contribution in [0.4, 0.5) is 4.39 Å². The summed E-state index contributed by atoms with van der Waals surface area (Å²) in [6.07, 6.45) is 0. The summed E-state index contributed by atoms with van der Waals surface area (Å²) in [4.78, 5) is 24.9. The summed E-state index contributed by atoms with van der Waals surface area (Å²) in [5, 5.41) is 12.0. The Hall–Kier alpha value is -3.00. The summed E-state index contributed by atoms with van der Waals surface area (Å²) in [5.74, 6) is 0.167. The van der Waals surface area contributed by atoms with E-state index in [4.69, 9.17) is 0 Å². The molecule has 2 aromatic carbocycles. The number of carbonyl (C=O) groups excluding carboxylic acids is 2. The topological polar surface area (TPSA) is 76.9 Å². The number of nitrogens with one attached hydrogen (secondary N) is 1. The Labute approximate surface area is 178 Å². The van der Waals surface area contributed by atoms with Crippen LogP contribution in [0.15, 0.2) is 59.8 Å². The van der Waals surface area contributed by atoms with E-state index in [0.717, 1.165) is 0 Å². The molecule has 1 aromatic heterocycles. The number of aromatic nitrogens is 3. The number of halogens is 1. The van der Waals surface area contributed by atoms with E-state index in [-0.39, 0.29) is 35.2 Å². The highest BCUT2D eigenvalue weighted by Gasteiger charge is 2.25. The van der Waals surface area contributed by atoms with Gasteiger partial charge in [-0.3, -0.25) is 9.59 Å². The van der Waals surface area contributed by atoms with E-state index < -0.39 is 0 Å². The lowest BCUT2D eigenvalue weighted by Crippen LogP contribution is -2.33. The fourth-order valence-corrected chi connectivity index (χ4v) is 3.73. The van der Waals surface area contributed by atoms with Gasteiger partial charge in [0.25, 0.3) is 5.91 Å². The third-order valence-electron chi connectivity index (χ3n) is 4.63. The molecule has 3 aromatic rings. The van der Waals surface area contributed by atoms with Gasteiger partial charge < -0.3 is 9.88 Å². The molecule has 0 spiro atoms. The molecule has 0 aliphatic rings. The van der Waals surface area contributed by atoms with Crippen molar-refractivity contribution in [1.29, 1.82) is 0 Å². The zero-order valence-electron chi connectivity index (χ0n) is 17.0. The van der Waals surface area contributed by atoms with Crippen molar-refractivity contribution in [3.8, 4) is 0 Å². The van der Waals surface area contributed by atoms with E-state index in [2.05, 4.69) is 15.5 Å². The maximum absolute atomic E-state index is 13.0. The van der Waals surface area contributed by atoms with Gasteiger partial charge in [0.1, 0.15) is 5.82 Å². The lowest BCUT2D eigenvalue weighted by Gasteiger charge is -2.21. The second-order valence-corrected chi connectivity index (χ2v) is 8.12. The van der Waals surface area contributed by atoms with Crippen LogP contribution in [-0.2, 0) is 7.05 Å². The molecule has 1 N–H and O–H groups in total. The van der Waals surface area contributed by atoms with E-state index in [1.165, 1.54) is 36.0 Å². The molecule has 0 radical (unpaired) electrons. The Kier molecular flexibility index (Phi) is 6.99. The quantitative estimate of drug-likeness (QED) is 0.434. The second-order valence-electron chi connectivity index (χ2n) is 7.18. The van der Waals surface area contributed by atoms with Crippen LogP contribution in [-0.4, -0.2) is 32.2 Å². The summed E-state index contributed by atoms with van der Waals surface area (Å²) in [5.41, 5.74) is 1.02. The minimum Gasteiger partial charge on any atom is -0.342 e. The zero-order chi connectivity index (χ0) is 21.7. The van der Waals surface area contributed by atoms with Crippen molar-refractivity contribution in [2.75, 3.05) is 5.75 Å². The van der Waals surface area contributed by atoms with Crippen LogP contribution in [0, 0.1) is 11.7 Å². The minimum absolute atomic E-state index is 0.0826. The highest BCUT2D eigenvalue weighted by atomic mass is 32.2. The van der Waals surface area contributed by atoms with Gasteiger partial charge in [-0.05, 0) is 42.3 Å².